The predicted octanol–water partition coefficient (Wildman–Crippen LogP) is 3.94. The van der Waals surface area contributed by atoms with Crippen LogP contribution >= 0.6 is 23.8 Å². The zero-order valence-electron chi connectivity index (χ0n) is 9.99. The van der Waals surface area contributed by atoms with Gasteiger partial charge < -0.3 is 14.3 Å². The predicted molar refractivity (Wildman–Crippen MR) is 77.8 cm³/mol. The summed E-state index contributed by atoms with van der Waals surface area (Å²) in [7, 11) is 0. The highest BCUT2D eigenvalue weighted by Gasteiger charge is 2.04. The molecule has 2 aromatic rings. The van der Waals surface area contributed by atoms with E-state index < -0.39 is 0 Å². The van der Waals surface area contributed by atoms with Gasteiger partial charge in [-0.1, -0.05) is 17.7 Å². The van der Waals surface area contributed by atoms with Crippen LogP contribution in [0.1, 0.15) is 6.42 Å². The zero-order valence-corrected chi connectivity index (χ0v) is 11.6. The standard InChI is InChI=1S/C13H15ClN2OS/c1-2-3-7-17-8-6-16-12-5-4-10(14)9-11(12)15-13(16)18/h2,4-5,9H,1,3,6-8H2,(H,15,18). The van der Waals surface area contributed by atoms with Crippen molar-refractivity contribution in [2.75, 3.05) is 13.2 Å². The summed E-state index contributed by atoms with van der Waals surface area (Å²) in [6.07, 6.45) is 2.72. The molecule has 18 heavy (non-hydrogen) atoms. The van der Waals surface area contributed by atoms with Gasteiger partial charge in [-0.2, -0.15) is 0 Å². The number of aromatic nitrogens is 2. The number of aromatic amines is 1. The van der Waals surface area contributed by atoms with Crippen LogP contribution in [0.25, 0.3) is 11.0 Å². The Hall–Kier alpha value is -1.10. The van der Waals surface area contributed by atoms with Crippen molar-refractivity contribution < 1.29 is 4.74 Å². The number of halogens is 1. The molecule has 96 valence electrons. The van der Waals surface area contributed by atoms with E-state index in [-0.39, 0.29) is 0 Å². The molecule has 5 heteroatoms. The zero-order chi connectivity index (χ0) is 13.0. The molecule has 0 saturated heterocycles. The minimum absolute atomic E-state index is 0.637. The topological polar surface area (TPSA) is 29.9 Å². The van der Waals surface area contributed by atoms with Gasteiger partial charge in [-0.15, -0.1) is 6.58 Å². The van der Waals surface area contributed by atoms with E-state index in [0.29, 0.717) is 23.0 Å². The summed E-state index contributed by atoms with van der Waals surface area (Å²) in [6.45, 7) is 5.72. The van der Waals surface area contributed by atoms with E-state index in [9.17, 15) is 0 Å². The van der Waals surface area contributed by atoms with E-state index in [4.69, 9.17) is 28.6 Å². The van der Waals surface area contributed by atoms with Gasteiger partial charge in [0.25, 0.3) is 0 Å². The van der Waals surface area contributed by atoms with Crippen LogP contribution in [0.2, 0.25) is 5.02 Å². The fourth-order valence-corrected chi connectivity index (χ4v) is 2.25. The van der Waals surface area contributed by atoms with Crippen molar-refractivity contribution in [3.05, 3.63) is 40.6 Å². The SMILES string of the molecule is C=CCCOCCn1c(=S)[nH]c2cc(Cl)ccc21. The average Bonchev–Trinajstić information content (AvgIpc) is 2.64. The molecule has 0 atom stereocenters. The number of benzene rings is 1. The molecule has 0 radical (unpaired) electrons. The summed E-state index contributed by atoms with van der Waals surface area (Å²) in [6, 6.07) is 5.71. The first-order chi connectivity index (χ1) is 8.72. The molecule has 0 unspecified atom stereocenters. The summed E-state index contributed by atoms with van der Waals surface area (Å²) in [5.41, 5.74) is 2.01. The molecule has 0 amide bonds. The Morgan fingerprint density at radius 3 is 3.06 bits per heavy atom. The van der Waals surface area contributed by atoms with E-state index in [1.165, 1.54) is 0 Å². The molecule has 0 saturated carbocycles. The maximum absolute atomic E-state index is 5.94. The summed E-state index contributed by atoms with van der Waals surface area (Å²) in [5, 5.41) is 0.702. The summed E-state index contributed by atoms with van der Waals surface area (Å²) in [4.78, 5) is 3.14. The smallest absolute Gasteiger partial charge is 0.178 e. The van der Waals surface area contributed by atoms with Crippen molar-refractivity contribution in [3.8, 4) is 0 Å². The number of nitrogens with one attached hydrogen (secondary N) is 1. The lowest BCUT2D eigenvalue weighted by Gasteiger charge is -2.05. The third-order valence-corrected chi connectivity index (χ3v) is 3.22. The molecular formula is C13H15ClN2OS. The van der Waals surface area contributed by atoms with E-state index in [0.717, 1.165) is 24.0 Å². The van der Waals surface area contributed by atoms with Gasteiger partial charge in [-0.05, 0) is 36.8 Å². The van der Waals surface area contributed by atoms with Gasteiger partial charge in [0.05, 0.1) is 24.2 Å². The Morgan fingerprint density at radius 1 is 1.44 bits per heavy atom. The molecule has 2 rings (SSSR count). The summed E-state index contributed by atoms with van der Waals surface area (Å²) in [5.74, 6) is 0. The molecule has 1 aromatic carbocycles. The number of ether oxygens (including phenoxy) is 1. The van der Waals surface area contributed by atoms with Crippen LogP contribution in [0, 0.1) is 4.77 Å². The van der Waals surface area contributed by atoms with Crippen molar-refractivity contribution in [2.24, 2.45) is 0 Å². The monoisotopic (exact) mass is 282 g/mol. The van der Waals surface area contributed by atoms with Crippen molar-refractivity contribution in [2.45, 2.75) is 13.0 Å². The van der Waals surface area contributed by atoms with Crippen LogP contribution < -0.4 is 0 Å². The number of imidazole rings is 1. The summed E-state index contributed by atoms with van der Waals surface area (Å²) < 4.78 is 8.21. The van der Waals surface area contributed by atoms with Crippen molar-refractivity contribution in [1.29, 1.82) is 0 Å². The van der Waals surface area contributed by atoms with Gasteiger partial charge in [0.1, 0.15) is 0 Å². The van der Waals surface area contributed by atoms with E-state index >= 15 is 0 Å². The van der Waals surface area contributed by atoms with Crippen LogP contribution in [0.5, 0.6) is 0 Å². The second-order valence-corrected chi connectivity index (χ2v) is 4.76. The Balaban J connectivity index is 2.10. The fourth-order valence-electron chi connectivity index (χ4n) is 1.78. The first-order valence-corrected chi connectivity index (χ1v) is 6.57. The molecule has 0 aliphatic carbocycles. The van der Waals surface area contributed by atoms with E-state index in [2.05, 4.69) is 11.6 Å². The highest BCUT2D eigenvalue weighted by atomic mass is 35.5. The molecule has 1 N–H and O–H groups in total. The Bertz CT molecular complexity index is 603. The molecule has 0 spiro atoms. The molecular weight excluding hydrogens is 268 g/mol. The lowest BCUT2D eigenvalue weighted by atomic mass is 10.3. The Morgan fingerprint density at radius 2 is 2.28 bits per heavy atom. The molecule has 1 aromatic heterocycles. The van der Waals surface area contributed by atoms with Gasteiger partial charge in [0.15, 0.2) is 4.77 Å². The number of fused-ring (bicyclic) bond motifs is 1. The highest BCUT2D eigenvalue weighted by Crippen LogP contribution is 2.18. The van der Waals surface area contributed by atoms with Gasteiger partial charge in [-0.25, -0.2) is 0 Å². The van der Waals surface area contributed by atoms with Gasteiger partial charge in [0, 0.05) is 11.6 Å². The maximum Gasteiger partial charge on any atom is 0.178 e. The summed E-state index contributed by atoms with van der Waals surface area (Å²) >= 11 is 11.2. The van der Waals surface area contributed by atoms with Crippen molar-refractivity contribution >= 4 is 34.9 Å². The minimum Gasteiger partial charge on any atom is -0.379 e. The van der Waals surface area contributed by atoms with Crippen LogP contribution in [-0.2, 0) is 11.3 Å². The van der Waals surface area contributed by atoms with Crippen molar-refractivity contribution in [1.82, 2.24) is 9.55 Å². The highest BCUT2D eigenvalue weighted by molar-refractivity contribution is 7.71. The van der Waals surface area contributed by atoms with Crippen LogP contribution in [0.4, 0.5) is 0 Å². The third kappa shape index (κ3) is 3.02. The number of H-pyrrole nitrogens is 1. The molecule has 0 aliphatic heterocycles. The van der Waals surface area contributed by atoms with E-state index in [1.807, 2.05) is 28.8 Å². The minimum atomic E-state index is 0.637. The maximum atomic E-state index is 5.94. The van der Waals surface area contributed by atoms with Crippen LogP contribution in [-0.4, -0.2) is 22.8 Å². The largest absolute Gasteiger partial charge is 0.379 e. The van der Waals surface area contributed by atoms with Crippen LogP contribution in [0.15, 0.2) is 30.9 Å². The fraction of sp³-hybridized carbons (Fsp3) is 0.308. The van der Waals surface area contributed by atoms with Gasteiger partial charge in [-0.3, -0.25) is 0 Å². The second kappa shape index (κ2) is 6.18. The Labute approximate surface area is 116 Å². The average molecular weight is 283 g/mol. The van der Waals surface area contributed by atoms with Gasteiger partial charge >= 0.3 is 0 Å². The van der Waals surface area contributed by atoms with Crippen molar-refractivity contribution in [3.63, 3.8) is 0 Å². The Kier molecular flexibility index (Phi) is 4.58. The first-order valence-electron chi connectivity index (χ1n) is 5.79. The number of hydrogen-bond donors (Lipinski definition) is 1. The molecule has 0 fully saturated rings. The second-order valence-electron chi connectivity index (χ2n) is 3.93. The van der Waals surface area contributed by atoms with Crippen LogP contribution in [0.3, 0.4) is 0 Å². The quantitative estimate of drug-likeness (QED) is 0.494. The molecule has 3 nitrogen and oxygen atoms in total. The molecule has 0 bridgehead atoms. The molecule has 1 heterocycles. The van der Waals surface area contributed by atoms with E-state index in [1.54, 1.807) is 0 Å². The lowest BCUT2D eigenvalue weighted by molar-refractivity contribution is 0.131. The third-order valence-electron chi connectivity index (χ3n) is 2.66. The first kappa shape index (κ1) is 13.3. The normalized spacial score (nSPS) is 10.9. The number of rotatable bonds is 6. The number of hydrogen-bond acceptors (Lipinski definition) is 2. The van der Waals surface area contributed by atoms with Gasteiger partial charge in [0.2, 0.25) is 0 Å². The molecule has 0 aliphatic rings. The number of nitrogens with zero attached hydrogens (tertiary/aromatic N) is 1. The lowest BCUT2D eigenvalue weighted by Crippen LogP contribution is -2.06.